The summed E-state index contributed by atoms with van der Waals surface area (Å²) in [6.07, 6.45) is 0. The predicted molar refractivity (Wildman–Crippen MR) is 75.7 cm³/mol. The molecule has 1 heterocycles. The van der Waals surface area contributed by atoms with Crippen molar-refractivity contribution in [2.45, 2.75) is 6.61 Å². The lowest BCUT2D eigenvalue weighted by molar-refractivity contribution is 0.302. The molecule has 3 rings (SSSR count). The van der Waals surface area contributed by atoms with E-state index in [1.165, 1.54) is 0 Å². The highest BCUT2D eigenvalue weighted by atomic mass is 16.5. The molecule has 0 aliphatic carbocycles. The van der Waals surface area contributed by atoms with Crippen LogP contribution in [0.15, 0.2) is 47.6 Å². The molecule has 0 amide bonds. The lowest BCUT2D eigenvalue weighted by atomic mass is 10.1. The Morgan fingerprint density at radius 2 is 2.14 bits per heavy atom. The first-order chi connectivity index (χ1) is 10.3. The lowest BCUT2D eigenvalue weighted by Gasteiger charge is -2.08. The fourth-order valence-electron chi connectivity index (χ4n) is 2.17. The molecular weight excluding hydrogens is 268 g/mol. The van der Waals surface area contributed by atoms with Crippen molar-refractivity contribution >= 4 is 5.71 Å². The van der Waals surface area contributed by atoms with Gasteiger partial charge in [-0.2, -0.15) is 5.26 Å². The first kappa shape index (κ1) is 13.0. The minimum Gasteiger partial charge on any atom is -0.489 e. The van der Waals surface area contributed by atoms with Crippen LogP contribution in [0.3, 0.4) is 0 Å². The van der Waals surface area contributed by atoms with Crippen LogP contribution < -0.4 is 9.47 Å². The van der Waals surface area contributed by atoms with Crippen molar-refractivity contribution in [2.24, 2.45) is 5.16 Å². The Hall–Kier alpha value is -3.00. The topological polar surface area (TPSA) is 74.8 Å². The second kappa shape index (κ2) is 5.55. The SMILES string of the molecule is N#Cc1ccccc1COc1ccc2c(c1)OCC2=NO. The quantitative estimate of drug-likeness (QED) is 0.693. The summed E-state index contributed by atoms with van der Waals surface area (Å²) < 4.78 is 11.1. The van der Waals surface area contributed by atoms with Gasteiger partial charge in [-0.3, -0.25) is 0 Å². The average Bonchev–Trinajstić information content (AvgIpc) is 2.95. The summed E-state index contributed by atoms with van der Waals surface area (Å²) in [6.45, 7) is 0.565. The second-order valence-corrected chi connectivity index (χ2v) is 4.55. The Kier molecular flexibility index (Phi) is 3.44. The van der Waals surface area contributed by atoms with Gasteiger partial charge in [0.1, 0.15) is 30.4 Å². The molecule has 2 aromatic carbocycles. The number of hydrogen-bond donors (Lipinski definition) is 1. The molecule has 21 heavy (non-hydrogen) atoms. The summed E-state index contributed by atoms with van der Waals surface area (Å²) in [6, 6.07) is 14.8. The van der Waals surface area contributed by atoms with Crippen LogP contribution in [0.5, 0.6) is 11.5 Å². The van der Waals surface area contributed by atoms with Gasteiger partial charge >= 0.3 is 0 Å². The highest BCUT2D eigenvalue weighted by Gasteiger charge is 2.20. The van der Waals surface area contributed by atoms with Gasteiger partial charge in [0, 0.05) is 17.2 Å². The Labute approximate surface area is 121 Å². The number of ether oxygens (including phenoxy) is 2. The molecule has 1 aliphatic heterocycles. The number of nitrogens with zero attached hydrogens (tertiary/aromatic N) is 2. The van der Waals surface area contributed by atoms with Crippen LogP contribution in [0.2, 0.25) is 0 Å². The maximum atomic E-state index is 9.04. The maximum absolute atomic E-state index is 9.04. The summed E-state index contributed by atoms with van der Waals surface area (Å²) in [5, 5.41) is 21.1. The standard InChI is InChI=1S/C16H12N2O3/c17-8-11-3-1-2-4-12(11)9-20-13-5-6-14-15(18-19)10-21-16(14)7-13/h1-7,19H,9-10H2. The van der Waals surface area contributed by atoms with E-state index in [2.05, 4.69) is 11.2 Å². The fraction of sp³-hybridized carbons (Fsp3) is 0.125. The molecule has 0 saturated carbocycles. The zero-order valence-electron chi connectivity index (χ0n) is 11.1. The van der Waals surface area contributed by atoms with E-state index >= 15 is 0 Å². The number of nitriles is 1. The summed E-state index contributed by atoms with van der Waals surface area (Å²) >= 11 is 0. The van der Waals surface area contributed by atoms with Crippen LogP contribution >= 0.6 is 0 Å². The van der Waals surface area contributed by atoms with E-state index in [0.717, 1.165) is 11.1 Å². The molecule has 0 spiro atoms. The van der Waals surface area contributed by atoms with E-state index in [4.69, 9.17) is 19.9 Å². The van der Waals surface area contributed by atoms with Crippen molar-refractivity contribution in [3.05, 3.63) is 59.2 Å². The summed E-state index contributed by atoms with van der Waals surface area (Å²) in [7, 11) is 0. The van der Waals surface area contributed by atoms with Gasteiger partial charge in [0.05, 0.1) is 11.6 Å². The van der Waals surface area contributed by atoms with E-state index in [-0.39, 0.29) is 6.61 Å². The number of hydrogen-bond acceptors (Lipinski definition) is 5. The molecule has 0 radical (unpaired) electrons. The van der Waals surface area contributed by atoms with E-state index < -0.39 is 0 Å². The Morgan fingerprint density at radius 3 is 2.95 bits per heavy atom. The summed E-state index contributed by atoms with van der Waals surface area (Å²) in [4.78, 5) is 0. The molecule has 0 unspecified atom stereocenters. The highest BCUT2D eigenvalue weighted by Crippen LogP contribution is 2.30. The summed E-state index contributed by atoms with van der Waals surface area (Å²) in [5.41, 5.74) is 2.71. The molecule has 0 saturated heterocycles. The monoisotopic (exact) mass is 280 g/mol. The smallest absolute Gasteiger partial charge is 0.134 e. The number of fused-ring (bicyclic) bond motifs is 1. The molecule has 0 aromatic heterocycles. The van der Waals surface area contributed by atoms with Gasteiger partial charge in [-0.1, -0.05) is 23.4 Å². The highest BCUT2D eigenvalue weighted by molar-refractivity contribution is 6.06. The first-order valence-electron chi connectivity index (χ1n) is 6.41. The molecule has 0 atom stereocenters. The molecule has 1 aliphatic rings. The van der Waals surface area contributed by atoms with Gasteiger partial charge in [0.2, 0.25) is 0 Å². The molecule has 1 N–H and O–H groups in total. The van der Waals surface area contributed by atoms with Gasteiger partial charge < -0.3 is 14.7 Å². The second-order valence-electron chi connectivity index (χ2n) is 4.55. The van der Waals surface area contributed by atoms with Gasteiger partial charge in [0.25, 0.3) is 0 Å². The molecule has 0 fully saturated rings. The number of rotatable bonds is 3. The maximum Gasteiger partial charge on any atom is 0.134 e. The molecule has 5 nitrogen and oxygen atoms in total. The summed E-state index contributed by atoms with van der Waals surface area (Å²) in [5.74, 6) is 1.27. The van der Waals surface area contributed by atoms with Crippen molar-refractivity contribution < 1.29 is 14.7 Å². The van der Waals surface area contributed by atoms with Crippen molar-refractivity contribution in [3.8, 4) is 17.6 Å². The van der Waals surface area contributed by atoms with Crippen LogP contribution in [0.25, 0.3) is 0 Å². The van der Waals surface area contributed by atoms with Gasteiger partial charge in [-0.25, -0.2) is 0 Å². The zero-order chi connectivity index (χ0) is 14.7. The van der Waals surface area contributed by atoms with Crippen molar-refractivity contribution in [1.82, 2.24) is 0 Å². The van der Waals surface area contributed by atoms with Crippen molar-refractivity contribution in [2.75, 3.05) is 6.61 Å². The molecule has 104 valence electrons. The van der Waals surface area contributed by atoms with Crippen molar-refractivity contribution in [3.63, 3.8) is 0 Å². The van der Waals surface area contributed by atoms with Crippen LogP contribution in [0, 0.1) is 11.3 Å². The van der Waals surface area contributed by atoms with Crippen LogP contribution in [-0.4, -0.2) is 17.5 Å². The Bertz CT molecular complexity index is 747. The van der Waals surface area contributed by atoms with Crippen molar-refractivity contribution in [1.29, 1.82) is 5.26 Å². The van der Waals surface area contributed by atoms with Gasteiger partial charge in [-0.15, -0.1) is 0 Å². The molecule has 0 bridgehead atoms. The van der Waals surface area contributed by atoms with E-state index in [9.17, 15) is 0 Å². The largest absolute Gasteiger partial charge is 0.489 e. The van der Waals surface area contributed by atoms with E-state index in [1.54, 1.807) is 24.3 Å². The Morgan fingerprint density at radius 1 is 1.29 bits per heavy atom. The third-order valence-corrected chi connectivity index (χ3v) is 3.28. The van der Waals surface area contributed by atoms with Gasteiger partial charge in [0.15, 0.2) is 0 Å². The van der Waals surface area contributed by atoms with E-state index in [1.807, 2.05) is 18.2 Å². The third kappa shape index (κ3) is 2.51. The van der Waals surface area contributed by atoms with Gasteiger partial charge in [-0.05, 0) is 18.2 Å². The minimum absolute atomic E-state index is 0.257. The molecule has 2 aromatic rings. The predicted octanol–water partition coefficient (Wildman–Crippen LogP) is 2.71. The minimum atomic E-state index is 0.257. The molecular formula is C16H12N2O3. The molecule has 5 heteroatoms. The van der Waals surface area contributed by atoms with Crippen LogP contribution in [0.1, 0.15) is 16.7 Å². The third-order valence-electron chi connectivity index (χ3n) is 3.28. The Balaban J connectivity index is 1.77. The normalized spacial score (nSPS) is 14.3. The average molecular weight is 280 g/mol. The first-order valence-corrected chi connectivity index (χ1v) is 6.41. The lowest BCUT2D eigenvalue weighted by Crippen LogP contribution is -2.01. The fourth-order valence-corrected chi connectivity index (χ4v) is 2.17. The van der Waals surface area contributed by atoms with E-state index in [0.29, 0.717) is 29.4 Å². The number of benzene rings is 2. The zero-order valence-corrected chi connectivity index (χ0v) is 11.1. The van der Waals surface area contributed by atoms with Crippen LogP contribution in [-0.2, 0) is 6.61 Å². The van der Waals surface area contributed by atoms with Crippen LogP contribution in [0.4, 0.5) is 0 Å². The number of oxime groups is 1.